The molecule has 0 amide bonds. The van der Waals surface area contributed by atoms with Crippen molar-refractivity contribution in [3.05, 3.63) is 42.0 Å². The van der Waals surface area contributed by atoms with Gasteiger partial charge in [-0.1, -0.05) is 56.7 Å². The molecule has 2 nitrogen and oxygen atoms in total. The molecule has 2 heteroatoms. The van der Waals surface area contributed by atoms with Gasteiger partial charge in [-0.05, 0) is 18.1 Å². The number of hydrogen-bond donors (Lipinski definition) is 0. The molecule has 0 N–H and O–H groups in total. The number of ether oxygens (including phenoxy) is 2. The van der Waals surface area contributed by atoms with E-state index < -0.39 is 0 Å². The number of rotatable bonds is 4. The summed E-state index contributed by atoms with van der Waals surface area (Å²) in [7, 11) is 0. The topological polar surface area (TPSA) is 18.5 Å². The second kappa shape index (κ2) is 6.17. The second-order valence-electron chi connectivity index (χ2n) is 5.32. The first-order valence-corrected chi connectivity index (χ1v) is 6.68. The molecule has 0 radical (unpaired) electrons. The zero-order valence-electron chi connectivity index (χ0n) is 11.3. The summed E-state index contributed by atoms with van der Waals surface area (Å²) in [6.45, 7) is 6.00. The fourth-order valence-electron chi connectivity index (χ4n) is 2.27. The zero-order valence-corrected chi connectivity index (χ0v) is 11.3. The molecule has 0 bridgehead atoms. The van der Waals surface area contributed by atoms with E-state index in [1.165, 1.54) is 12.0 Å². The summed E-state index contributed by atoms with van der Waals surface area (Å²) < 4.78 is 11.5. The van der Waals surface area contributed by atoms with Crippen molar-refractivity contribution in [1.29, 1.82) is 0 Å². The van der Waals surface area contributed by atoms with E-state index >= 15 is 0 Å². The minimum absolute atomic E-state index is 0.186. The maximum absolute atomic E-state index is 5.76. The fraction of sp³-hybridized carbons (Fsp3) is 0.500. The number of benzene rings is 1. The van der Waals surface area contributed by atoms with Crippen LogP contribution in [0.5, 0.6) is 0 Å². The van der Waals surface area contributed by atoms with E-state index in [-0.39, 0.29) is 11.7 Å². The van der Waals surface area contributed by atoms with Crippen molar-refractivity contribution >= 4 is 6.08 Å². The van der Waals surface area contributed by atoms with Gasteiger partial charge in [0, 0.05) is 5.41 Å². The molecule has 2 rings (SSSR count). The Kier molecular flexibility index (Phi) is 4.56. The molecule has 0 aromatic heterocycles. The van der Waals surface area contributed by atoms with Gasteiger partial charge in [0.2, 0.25) is 0 Å². The van der Waals surface area contributed by atoms with Crippen LogP contribution in [-0.2, 0) is 9.47 Å². The Morgan fingerprint density at radius 2 is 1.89 bits per heavy atom. The number of hydrogen-bond acceptors (Lipinski definition) is 2. The Bertz CT molecular complexity index is 375. The fourth-order valence-corrected chi connectivity index (χ4v) is 2.27. The van der Waals surface area contributed by atoms with E-state index in [4.69, 9.17) is 9.47 Å². The highest BCUT2D eigenvalue weighted by Gasteiger charge is 2.30. The summed E-state index contributed by atoms with van der Waals surface area (Å²) in [5.41, 5.74) is 1.36. The smallest absolute Gasteiger partial charge is 0.177 e. The van der Waals surface area contributed by atoms with Crippen molar-refractivity contribution < 1.29 is 9.47 Å². The van der Waals surface area contributed by atoms with Gasteiger partial charge in [-0.25, -0.2) is 0 Å². The lowest BCUT2D eigenvalue weighted by atomic mass is 9.87. The van der Waals surface area contributed by atoms with Gasteiger partial charge in [-0.2, -0.15) is 0 Å². The van der Waals surface area contributed by atoms with Crippen LogP contribution < -0.4 is 0 Å². The van der Waals surface area contributed by atoms with Crippen LogP contribution in [0.1, 0.15) is 32.3 Å². The standard InChI is InChI=1S/C16H22O2/c1-3-11-16(2)12-17-15(18-13-16)10-9-14-7-5-4-6-8-14/h4-10,15H,3,11-13H2,1-2H3. The normalized spacial score (nSPS) is 28.7. The van der Waals surface area contributed by atoms with E-state index in [9.17, 15) is 0 Å². The third-order valence-electron chi connectivity index (χ3n) is 3.29. The van der Waals surface area contributed by atoms with Crippen LogP contribution in [-0.4, -0.2) is 19.5 Å². The monoisotopic (exact) mass is 246 g/mol. The van der Waals surface area contributed by atoms with Gasteiger partial charge in [0.15, 0.2) is 6.29 Å². The molecule has 1 aliphatic rings. The van der Waals surface area contributed by atoms with Crippen LogP contribution in [0.2, 0.25) is 0 Å². The molecule has 1 fully saturated rings. The maximum atomic E-state index is 5.76. The Balaban J connectivity index is 1.85. The Morgan fingerprint density at radius 1 is 1.22 bits per heavy atom. The summed E-state index contributed by atoms with van der Waals surface area (Å²) in [4.78, 5) is 0. The van der Waals surface area contributed by atoms with Crippen molar-refractivity contribution in [2.45, 2.75) is 33.0 Å². The molecule has 1 aliphatic heterocycles. The average molecular weight is 246 g/mol. The van der Waals surface area contributed by atoms with E-state index in [0.717, 1.165) is 19.6 Å². The summed E-state index contributed by atoms with van der Waals surface area (Å²) in [6.07, 6.45) is 6.17. The Morgan fingerprint density at radius 3 is 2.50 bits per heavy atom. The summed E-state index contributed by atoms with van der Waals surface area (Å²) >= 11 is 0. The van der Waals surface area contributed by atoms with Crippen LogP contribution >= 0.6 is 0 Å². The predicted molar refractivity (Wildman–Crippen MR) is 74.2 cm³/mol. The zero-order chi connectivity index (χ0) is 12.8. The third kappa shape index (κ3) is 3.69. The van der Waals surface area contributed by atoms with E-state index in [2.05, 4.69) is 26.0 Å². The van der Waals surface area contributed by atoms with Crippen LogP contribution in [0, 0.1) is 5.41 Å². The SMILES string of the molecule is CCCC1(C)COC(C=Cc2ccccc2)OC1. The van der Waals surface area contributed by atoms with Gasteiger partial charge in [-0.15, -0.1) is 0 Å². The van der Waals surface area contributed by atoms with Crippen molar-refractivity contribution in [2.24, 2.45) is 5.41 Å². The van der Waals surface area contributed by atoms with Gasteiger partial charge in [0.25, 0.3) is 0 Å². The maximum Gasteiger partial charge on any atom is 0.177 e. The predicted octanol–water partition coefficient (Wildman–Crippen LogP) is 3.88. The summed E-state index contributed by atoms with van der Waals surface area (Å²) in [5, 5.41) is 0. The molecule has 1 saturated heterocycles. The van der Waals surface area contributed by atoms with Crippen molar-refractivity contribution in [1.82, 2.24) is 0 Å². The lowest BCUT2D eigenvalue weighted by molar-refractivity contribution is -0.203. The Hall–Kier alpha value is -1.12. The lowest BCUT2D eigenvalue weighted by Crippen LogP contribution is -2.38. The molecular formula is C16H22O2. The van der Waals surface area contributed by atoms with Gasteiger partial charge < -0.3 is 9.47 Å². The molecular weight excluding hydrogens is 224 g/mol. The molecule has 18 heavy (non-hydrogen) atoms. The minimum Gasteiger partial charge on any atom is -0.348 e. The first kappa shape index (κ1) is 13.3. The van der Waals surface area contributed by atoms with E-state index in [0.29, 0.717) is 0 Å². The minimum atomic E-state index is -0.199. The molecule has 0 atom stereocenters. The largest absolute Gasteiger partial charge is 0.348 e. The van der Waals surface area contributed by atoms with Gasteiger partial charge in [-0.3, -0.25) is 0 Å². The lowest BCUT2D eigenvalue weighted by Gasteiger charge is -2.36. The third-order valence-corrected chi connectivity index (χ3v) is 3.29. The summed E-state index contributed by atoms with van der Waals surface area (Å²) in [6, 6.07) is 10.2. The highest BCUT2D eigenvalue weighted by Crippen LogP contribution is 2.29. The van der Waals surface area contributed by atoms with Gasteiger partial charge in [0.1, 0.15) is 0 Å². The Labute approximate surface area is 110 Å². The molecule has 1 heterocycles. The highest BCUT2D eigenvalue weighted by atomic mass is 16.7. The van der Waals surface area contributed by atoms with Crippen molar-refractivity contribution in [3.63, 3.8) is 0 Å². The molecule has 1 aromatic carbocycles. The van der Waals surface area contributed by atoms with E-state index in [1.54, 1.807) is 0 Å². The van der Waals surface area contributed by atoms with Crippen LogP contribution in [0.25, 0.3) is 6.08 Å². The second-order valence-corrected chi connectivity index (χ2v) is 5.32. The van der Waals surface area contributed by atoms with Gasteiger partial charge in [0.05, 0.1) is 13.2 Å². The first-order valence-electron chi connectivity index (χ1n) is 6.68. The highest BCUT2D eigenvalue weighted by molar-refractivity contribution is 5.48. The molecule has 0 saturated carbocycles. The van der Waals surface area contributed by atoms with Gasteiger partial charge >= 0.3 is 0 Å². The average Bonchev–Trinajstić information content (AvgIpc) is 2.40. The van der Waals surface area contributed by atoms with Crippen LogP contribution in [0.15, 0.2) is 36.4 Å². The van der Waals surface area contributed by atoms with Crippen molar-refractivity contribution in [2.75, 3.05) is 13.2 Å². The molecule has 98 valence electrons. The molecule has 0 aliphatic carbocycles. The molecule has 1 aromatic rings. The van der Waals surface area contributed by atoms with Crippen molar-refractivity contribution in [3.8, 4) is 0 Å². The first-order chi connectivity index (χ1) is 8.72. The van der Waals surface area contributed by atoms with Crippen LogP contribution in [0.4, 0.5) is 0 Å². The summed E-state index contributed by atoms with van der Waals surface area (Å²) in [5.74, 6) is 0. The molecule has 0 spiro atoms. The van der Waals surface area contributed by atoms with E-state index in [1.807, 2.05) is 30.4 Å². The quantitative estimate of drug-likeness (QED) is 0.802. The molecule has 0 unspecified atom stereocenters. The van der Waals surface area contributed by atoms with Crippen LogP contribution in [0.3, 0.4) is 0 Å².